The van der Waals surface area contributed by atoms with Crippen molar-refractivity contribution < 1.29 is 0 Å². The average Bonchev–Trinajstić information content (AvgIpc) is 3.47. The highest BCUT2D eigenvalue weighted by Crippen LogP contribution is 2.54. The normalized spacial score (nSPS) is 12.7. The predicted octanol–water partition coefficient (Wildman–Crippen LogP) is 13.3. The molecule has 1 aliphatic carbocycles. The van der Waals surface area contributed by atoms with E-state index < -0.39 is 0 Å². The standard InChI is InChI=1S/C52H35N3/c1-52(2)46-22-12-21-44(50(46)45-29-36-15-6-7-16-37(36)30-47(45)52)41-27-28-43(40-19-10-9-18-39(40)41)49-31-48(54-51(55-49)35-13-4-3-5-14-35)42-20-11-8-17-38(42)34-25-23-33(32-53)24-26-34/h3-31H,1-2H3. The van der Waals surface area contributed by atoms with E-state index in [4.69, 9.17) is 9.97 Å². The number of hydrogen-bond acceptors (Lipinski definition) is 3. The van der Waals surface area contributed by atoms with Crippen LogP contribution in [0.2, 0.25) is 0 Å². The van der Waals surface area contributed by atoms with E-state index in [1.807, 2.05) is 48.5 Å². The van der Waals surface area contributed by atoms with E-state index in [0.29, 0.717) is 11.4 Å². The molecule has 0 N–H and O–H groups in total. The maximum atomic E-state index is 9.44. The van der Waals surface area contributed by atoms with E-state index in [0.717, 1.165) is 44.6 Å². The molecule has 10 rings (SSSR count). The number of hydrogen-bond donors (Lipinski definition) is 0. The van der Waals surface area contributed by atoms with E-state index in [-0.39, 0.29) is 5.41 Å². The van der Waals surface area contributed by atoms with Crippen LogP contribution in [-0.4, -0.2) is 9.97 Å². The van der Waals surface area contributed by atoms with Crippen molar-refractivity contribution in [3.8, 4) is 73.4 Å². The minimum atomic E-state index is -0.125. The van der Waals surface area contributed by atoms with Crippen LogP contribution in [-0.2, 0) is 5.41 Å². The zero-order chi connectivity index (χ0) is 37.1. The summed E-state index contributed by atoms with van der Waals surface area (Å²) in [5, 5.41) is 14.3. The van der Waals surface area contributed by atoms with E-state index in [1.165, 1.54) is 49.5 Å². The molecule has 0 atom stereocenters. The molecule has 0 amide bonds. The molecule has 8 aromatic carbocycles. The molecule has 1 heterocycles. The molecule has 3 nitrogen and oxygen atoms in total. The van der Waals surface area contributed by atoms with Gasteiger partial charge in [0.05, 0.1) is 23.0 Å². The molecule has 0 unspecified atom stereocenters. The van der Waals surface area contributed by atoms with Crippen LogP contribution in [0, 0.1) is 11.3 Å². The second-order valence-corrected chi connectivity index (χ2v) is 14.9. The third kappa shape index (κ3) is 5.34. The molecular weight excluding hydrogens is 667 g/mol. The number of nitrogens with zero attached hydrogens (tertiary/aromatic N) is 3. The number of fused-ring (bicyclic) bond motifs is 5. The van der Waals surface area contributed by atoms with Crippen molar-refractivity contribution in [2.45, 2.75) is 19.3 Å². The fourth-order valence-electron chi connectivity index (χ4n) is 8.58. The quantitative estimate of drug-likeness (QED) is 0.179. The minimum Gasteiger partial charge on any atom is -0.228 e. The number of aromatic nitrogens is 2. The minimum absolute atomic E-state index is 0.125. The summed E-state index contributed by atoms with van der Waals surface area (Å²) in [6.45, 7) is 4.71. The van der Waals surface area contributed by atoms with Gasteiger partial charge in [0.1, 0.15) is 0 Å². The highest BCUT2D eigenvalue weighted by Gasteiger charge is 2.37. The van der Waals surface area contributed by atoms with Crippen LogP contribution < -0.4 is 0 Å². The average molecular weight is 702 g/mol. The molecule has 1 aromatic heterocycles. The van der Waals surface area contributed by atoms with Gasteiger partial charge in [-0.15, -0.1) is 0 Å². The Hall–Kier alpha value is -7.15. The second kappa shape index (κ2) is 12.8. The Kier molecular flexibility index (Phi) is 7.54. The van der Waals surface area contributed by atoms with Gasteiger partial charge in [0, 0.05) is 22.1 Å². The van der Waals surface area contributed by atoms with Crippen molar-refractivity contribution in [2.75, 3.05) is 0 Å². The number of nitriles is 1. The monoisotopic (exact) mass is 701 g/mol. The van der Waals surface area contributed by atoms with Crippen LogP contribution in [0.15, 0.2) is 176 Å². The fraction of sp³-hybridized carbons (Fsp3) is 0.0577. The van der Waals surface area contributed by atoms with Crippen molar-refractivity contribution in [3.63, 3.8) is 0 Å². The molecule has 0 saturated carbocycles. The molecule has 0 radical (unpaired) electrons. The molecule has 0 aliphatic heterocycles. The van der Waals surface area contributed by atoms with Gasteiger partial charge in [0.25, 0.3) is 0 Å². The molecule has 0 fully saturated rings. The van der Waals surface area contributed by atoms with Crippen LogP contribution in [0.25, 0.3) is 88.8 Å². The summed E-state index contributed by atoms with van der Waals surface area (Å²) < 4.78 is 0. The van der Waals surface area contributed by atoms with Crippen molar-refractivity contribution in [1.82, 2.24) is 9.97 Å². The second-order valence-electron chi connectivity index (χ2n) is 14.9. The first-order valence-corrected chi connectivity index (χ1v) is 18.7. The van der Waals surface area contributed by atoms with Crippen molar-refractivity contribution in [2.24, 2.45) is 0 Å². The van der Waals surface area contributed by atoms with Crippen LogP contribution in [0.4, 0.5) is 0 Å². The summed E-state index contributed by atoms with van der Waals surface area (Å²) in [5.74, 6) is 0.669. The van der Waals surface area contributed by atoms with Crippen LogP contribution in [0.5, 0.6) is 0 Å². The Morgan fingerprint density at radius 3 is 1.78 bits per heavy atom. The first-order chi connectivity index (χ1) is 27.0. The van der Waals surface area contributed by atoms with Gasteiger partial charge < -0.3 is 0 Å². The molecule has 0 spiro atoms. The zero-order valence-electron chi connectivity index (χ0n) is 30.6. The number of rotatable bonds is 5. The molecule has 55 heavy (non-hydrogen) atoms. The summed E-state index contributed by atoms with van der Waals surface area (Å²) in [7, 11) is 0. The van der Waals surface area contributed by atoms with Crippen molar-refractivity contribution in [1.29, 1.82) is 5.26 Å². The lowest BCUT2D eigenvalue weighted by Crippen LogP contribution is -2.14. The molecule has 3 heteroatoms. The van der Waals surface area contributed by atoms with Gasteiger partial charge in [-0.3, -0.25) is 0 Å². The first-order valence-electron chi connectivity index (χ1n) is 18.7. The Balaban J connectivity index is 1.18. The van der Waals surface area contributed by atoms with E-state index >= 15 is 0 Å². The first kappa shape index (κ1) is 32.5. The Labute approximate surface area is 320 Å². The molecule has 258 valence electrons. The van der Waals surface area contributed by atoms with E-state index in [2.05, 4.69) is 147 Å². The van der Waals surface area contributed by atoms with Gasteiger partial charge >= 0.3 is 0 Å². The molecule has 0 saturated heterocycles. The van der Waals surface area contributed by atoms with Crippen LogP contribution in [0.3, 0.4) is 0 Å². The maximum Gasteiger partial charge on any atom is 0.160 e. The molecule has 1 aliphatic rings. The SMILES string of the molecule is CC1(C)c2cc3ccccc3cc2-c2c(-c3ccc(-c4cc(-c5ccccc5-c5ccc(C#N)cc5)nc(-c5ccccc5)n4)c4ccccc34)cccc21. The van der Waals surface area contributed by atoms with Gasteiger partial charge in [0.2, 0.25) is 0 Å². The van der Waals surface area contributed by atoms with Gasteiger partial charge in [-0.25, -0.2) is 9.97 Å². The molecule has 9 aromatic rings. The predicted molar refractivity (Wildman–Crippen MR) is 227 cm³/mol. The van der Waals surface area contributed by atoms with E-state index in [9.17, 15) is 5.26 Å². The third-order valence-corrected chi connectivity index (χ3v) is 11.3. The van der Waals surface area contributed by atoms with Gasteiger partial charge in [0.15, 0.2) is 5.82 Å². The highest BCUT2D eigenvalue weighted by molar-refractivity contribution is 6.08. The summed E-state index contributed by atoms with van der Waals surface area (Å²) in [6, 6.07) is 64.2. The topological polar surface area (TPSA) is 49.6 Å². The van der Waals surface area contributed by atoms with Crippen molar-refractivity contribution in [3.05, 3.63) is 193 Å². The number of benzene rings is 8. The maximum absolute atomic E-state index is 9.44. The highest BCUT2D eigenvalue weighted by atomic mass is 14.9. The van der Waals surface area contributed by atoms with Crippen molar-refractivity contribution >= 4 is 21.5 Å². The van der Waals surface area contributed by atoms with Gasteiger partial charge in [-0.05, 0) is 96.4 Å². The lowest BCUT2D eigenvalue weighted by Gasteiger charge is -2.22. The lowest BCUT2D eigenvalue weighted by molar-refractivity contribution is 0.661. The van der Waals surface area contributed by atoms with Crippen LogP contribution >= 0.6 is 0 Å². The van der Waals surface area contributed by atoms with Crippen LogP contribution in [0.1, 0.15) is 30.5 Å². The summed E-state index contributed by atoms with van der Waals surface area (Å²) in [6.07, 6.45) is 0. The molecular formula is C52H35N3. The Morgan fingerprint density at radius 1 is 0.436 bits per heavy atom. The van der Waals surface area contributed by atoms with Gasteiger partial charge in [-0.2, -0.15) is 5.26 Å². The summed E-state index contributed by atoms with van der Waals surface area (Å²) >= 11 is 0. The zero-order valence-corrected chi connectivity index (χ0v) is 30.6. The smallest absolute Gasteiger partial charge is 0.160 e. The Bertz CT molecular complexity index is 3010. The largest absolute Gasteiger partial charge is 0.228 e. The van der Waals surface area contributed by atoms with E-state index in [1.54, 1.807) is 0 Å². The fourth-order valence-corrected chi connectivity index (χ4v) is 8.58. The summed E-state index contributed by atoms with van der Waals surface area (Å²) in [5.41, 5.74) is 15.1. The van der Waals surface area contributed by atoms with Gasteiger partial charge in [-0.1, -0.05) is 159 Å². The molecule has 0 bridgehead atoms. The lowest BCUT2D eigenvalue weighted by atomic mass is 9.81. The Morgan fingerprint density at radius 2 is 1.04 bits per heavy atom. The summed E-state index contributed by atoms with van der Waals surface area (Å²) in [4.78, 5) is 10.5. The third-order valence-electron chi connectivity index (χ3n) is 11.3.